The van der Waals surface area contributed by atoms with Crippen molar-refractivity contribution in [1.82, 2.24) is 14.7 Å². The first-order valence-corrected chi connectivity index (χ1v) is 8.16. The Bertz CT molecular complexity index is 510. The number of hydrogen-bond donors (Lipinski definition) is 3. The molecule has 0 aromatic heterocycles. The van der Waals surface area contributed by atoms with Crippen LogP contribution in [0.1, 0.15) is 13.3 Å². The van der Waals surface area contributed by atoms with E-state index in [-0.39, 0.29) is 25.7 Å². The quantitative estimate of drug-likeness (QED) is 0.493. The number of carbonyl (C=O) groups is 3. The lowest BCUT2D eigenvalue weighted by Gasteiger charge is -2.33. The van der Waals surface area contributed by atoms with Crippen molar-refractivity contribution >= 4 is 17.9 Å². The van der Waals surface area contributed by atoms with Crippen molar-refractivity contribution < 1.29 is 29.7 Å². The van der Waals surface area contributed by atoms with Gasteiger partial charge in [-0.25, -0.2) is 0 Å². The van der Waals surface area contributed by atoms with Crippen LogP contribution >= 0.6 is 0 Å². The van der Waals surface area contributed by atoms with Crippen LogP contribution in [0.3, 0.4) is 0 Å². The Morgan fingerprint density at radius 2 is 1.36 bits per heavy atom. The van der Waals surface area contributed by atoms with Gasteiger partial charge in [0, 0.05) is 38.8 Å². The first kappa shape index (κ1) is 21.1. The Morgan fingerprint density at radius 3 is 1.88 bits per heavy atom. The summed E-state index contributed by atoms with van der Waals surface area (Å²) in [6.07, 6.45) is 0.558. The van der Waals surface area contributed by atoms with Crippen LogP contribution in [-0.2, 0) is 14.4 Å². The molecule has 1 aliphatic heterocycles. The summed E-state index contributed by atoms with van der Waals surface area (Å²) in [5, 5.41) is 27.3. The molecule has 9 nitrogen and oxygen atoms in total. The fourth-order valence-electron chi connectivity index (χ4n) is 3.01. The zero-order chi connectivity index (χ0) is 19.0. The Labute approximate surface area is 147 Å². The van der Waals surface area contributed by atoms with E-state index in [9.17, 15) is 19.5 Å². The summed E-state index contributed by atoms with van der Waals surface area (Å²) in [5.41, 5.74) is 0.886. The van der Waals surface area contributed by atoms with E-state index in [2.05, 4.69) is 6.58 Å². The van der Waals surface area contributed by atoms with E-state index in [1.165, 1.54) is 0 Å². The van der Waals surface area contributed by atoms with E-state index in [1.54, 1.807) is 14.7 Å². The van der Waals surface area contributed by atoms with Crippen LogP contribution in [-0.4, -0.2) is 106 Å². The number of hydrogen-bond acceptors (Lipinski definition) is 6. The molecule has 0 spiro atoms. The Morgan fingerprint density at radius 1 is 0.880 bits per heavy atom. The van der Waals surface area contributed by atoms with E-state index in [0.717, 1.165) is 5.57 Å². The van der Waals surface area contributed by atoms with Crippen LogP contribution in [0.5, 0.6) is 0 Å². The number of aliphatic carboxylic acids is 3. The van der Waals surface area contributed by atoms with Gasteiger partial charge in [-0.05, 0) is 13.3 Å². The minimum atomic E-state index is -0.972. The van der Waals surface area contributed by atoms with Gasteiger partial charge in [-0.3, -0.25) is 29.1 Å². The van der Waals surface area contributed by atoms with Crippen molar-refractivity contribution in [3.05, 3.63) is 12.2 Å². The summed E-state index contributed by atoms with van der Waals surface area (Å²) < 4.78 is 0. The van der Waals surface area contributed by atoms with Gasteiger partial charge in [0.05, 0.1) is 19.6 Å². The highest BCUT2D eigenvalue weighted by molar-refractivity contribution is 5.70. The lowest BCUT2D eigenvalue weighted by atomic mass is 10.1. The lowest BCUT2D eigenvalue weighted by molar-refractivity contribution is -0.140. The molecule has 1 atom stereocenters. The molecule has 1 fully saturated rings. The summed E-state index contributed by atoms with van der Waals surface area (Å²) in [6, 6.07) is -0.183. The maximum atomic E-state index is 11.2. The topological polar surface area (TPSA) is 122 Å². The van der Waals surface area contributed by atoms with E-state index < -0.39 is 17.9 Å². The maximum absolute atomic E-state index is 11.2. The van der Waals surface area contributed by atoms with Crippen molar-refractivity contribution in [1.29, 1.82) is 0 Å². The molecule has 0 aromatic carbocycles. The van der Waals surface area contributed by atoms with Gasteiger partial charge in [0.2, 0.25) is 0 Å². The fraction of sp³-hybridized carbons (Fsp3) is 0.688. The third-order valence-electron chi connectivity index (χ3n) is 4.06. The van der Waals surface area contributed by atoms with Gasteiger partial charge in [0.15, 0.2) is 0 Å². The predicted octanol–water partition coefficient (Wildman–Crippen LogP) is -0.505. The van der Waals surface area contributed by atoms with Crippen molar-refractivity contribution in [2.45, 2.75) is 19.4 Å². The van der Waals surface area contributed by atoms with Gasteiger partial charge < -0.3 is 15.3 Å². The van der Waals surface area contributed by atoms with Crippen molar-refractivity contribution in [3.8, 4) is 0 Å². The predicted molar refractivity (Wildman–Crippen MR) is 90.6 cm³/mol. The number of nitrogens with zero attached hydrogens (tertiary/aromatic N) is 3. The van der Waals surface area contributed by atoms with Gasteiger partial charge >= 0.3 is 17.9 Å². The monoisotopic (exact) mass is 357 g/mol. The summed E-state index contributed by atoms with van der Waals surface area (Å²) in [5.74, 6) is -2.91. The van der Waals surface area contributed by atoms with Gasteiger partial charge in [-0.1, -0.05) is 5.57 Å². The Kier molecular flexibility index (Phi) is 8.53. The van der Waals surface area contributed by atoms with Crippen molar-refractivity contribution in [2.75, 3.05) is 52.4 Å². The third-order valence-corrected chi connectivity index (χ3v) is 4.06. The molecule has 0 saturated carbocycles. The molecule has 9 heteroatoms. The smallest absolute Gasteiger partial charge is 0.317 e. The average Bonchev–Trinajstić information content (AvgIpc) is 2.50. The van der Waals surface area contributed by atoms with E-state index in [1.807, 2.05) is 6.92 Å². The van der Waals surface area contributed by atoms with Gasteiger partial charge in [-0.2, -0.15) is 0 Å². The molecule has 0 aromatic rings. The van der Waals surface area contributed by atoms with Crippen LogP contribution in [0, 0.1) is 0 Å². The molecule has 0 aliphatic carbocycles. The van der Waals surface area contributed by atoms with Gasteiger partial charge in [0.25, 0.3) is 0 Å². The summed E-state index contributed by atoms with van der Waals surface area (Å²) in [4.78, 5) is 38.6. The maximum Gasteiger partial charge on any atom is 0.317 e. The molecule has 25 heavy (non-hydrogen) atoms. The standard InChI is InChI=1S/C16H27N3O6/c1-12(2)7-13-8-18(10-15(22)23)4-3-17(9-14(20)21)5-6-19(13)11-16(24)25/h13H,1,3-11H2,2H3,(H,20,21)(H,22,23)(H,24,25). The van der Waals surface area contributed by atoms with Crippen LogP contribution in [0.2, 0.25) is 0 Å². The second-order valence-corrected chi connectivity index (χ2v) is 6.48. The lowest BCUT2D eigenvalue weighted by Crippen LogP contribution is -2.48. The number of carboxylic acids is 3. The average molecular weight is 357 g/mol. The minimum absolute atomic E-state index is 0.160. The molecule has 0 radical (unpaired) electrons. The first-order valence-electron chi connectivity index (χ1n) is 8.16. The molecule has 0 bridgehead atoms. The zero-order valence-corrected chi connectivity index (χ0v) is 14.6. The highest BCUT2D eigenvalue weighted by Gasteiger charge is 2.27. The fourth-order valence-corrected chi connectivity index (χ4v) is 3.01. The molecular weight excluding hydrogens is 330 g/mol. The van der Waals surface area contributed by atoms with Gasteiger partial charge in [0.1, 0.15) is 0 Å². The molecule has 1 rings (SSSR count). The third kappa shape index (κ3) is 8.62. The van der Waals surface area contributed by atoms with E-state index >= 15 is 0 Å². The second kappa shape index (κ2) is 10.1. The van der Waals surface area contributed by atoms with E-state index in [0.29, 0.717) is 39.1 Å². The summed E-state index contributed by atoms with van der Waals surface area (Å²) >= 11 is 0. The molecule has 142 valence electrons. The number of rotatable bonds is 8. The van der Waals surface area contributed by atoms with Crippen LogP contribution in [0.4, 0.5) is 0 Å². The minimum Gasteiger partial charge on any atom is -0.480 e. The SMILES string of the molecule is C=C(C)CC1CN(CC(=O)O)CCN(CC(=O)O)CCN1CC(=O)O. The van der Waals surface area contributed by atoms with Crippen LogP contribution in [0.15, 0.2) is 12.2 Å². The second-order valence-electron chi connectivity index (χ2n) is 6.48. The molecule has 0 amide bonds. The van der Waals surface area contributed by atoms with Gasteiger partial charge in [-0.15, -0.1) is 6.58 Å². The molecule has 3 N–H and O–H groups in total. The molecule has 1 saturated heterocycles. The van der Waals surface area contributed by atoms with E-state index in [4.69, 9.17) is 10.2 Å². The number of carboxylic acid groups (broad SMARTS) is 3. The van der Waals surface area contributed by atoms with Crippen LogP contribution in [0.25, 0.3) is 0 Å². The zero-order valence-electron chi connectivity index (χ0n) is 14.6. The van der Waals surface area contributed by atoms with Crippen LogP contribution < -0.4 is 0 Å². The highest BCUT2D eigenvalue weighted by Crippen LogP contribution is 2.14. The molecular formula is C16H27N3O6. The van der Waals surface area contributed by atoms with Crippen molar-refractivity contribution in [3.63, 3.8) is 0 Å². The Balaban J connectivity index is 3.01. The largest absolute Gasteiger partial charge is 0.480 e. The normalized spacial score (nSPS) is 21.1. The summed E-state index contributed by atoms with van der Waals surface area (Å²) in [7, 11) is 0. The first-order chi connectivity index (χ1) is 11.7. The molecule has 1 unspecified atom stereocenters. The summed E-state index contributed by atoms with van der Waals surface area (Å²) in [6.45, 7) is 7.26. The highest BCUT2D eigenvalue weighted by atomic mass is 16.4. The Hall–Kier alpha value is -1.97. The molecule has 1 heterocycles. The van der Waals surface area contributed by atoms with Crippen molar-refractivity contribution in [2.24, 2.45) is 0 Å². The molecule has 1 aliphatic rings.